The Morgan fingerprint density at radius 2 is 1.74 bits per heavy atom. The molecule has 0 bridgehead atoms. The molecule has 226 valence electrons. The van der Waals surface area contributed by atoms with Crippen LogP contribution in [0.25, 0.3) is 11.3 Å². The topological polar surface area (TPSA) is 112 Å². The quantitative estimate of drug-likeness (QED) is 0.353. The Hall–Kier alpha value is -4.79. The molecule has 1 unspecified atom stereocenters. The summed E-state index contributed by atoms with van der Waals surface area (Å²) < 4.78 is 65.5. The summed E-state index contributed by atoms with van der Waals surface area (Å²) in [6.07, 6.45) is -4.53. The van der Waals surface area contributed by atoms with Gasteiger partial charge in [0.05, 0.1) is 24.3 Å². The third-order valence-electron chi connectivity index (χ3n) is 7.00. The molecule has 43 heavy (non-hydrogen) atoms. The first kappa shape index (κ1) is 31.2. The zero-order valence-corrected chi connectivity index (χ0v) is 24.1. The van der Waals surface area contributed by atoms with Crippen LogP contribution < -0.4 is 20.7 Å². The molecule has 0 aliphatic carbocycles. The summed E-state index contributed by atoms with van der Waals surface area (Å²) in [6, 6.07) is 11.8. The summed E-state index contributed by atoms with van der Waals surface area (Å²) in [7, 11) is 2.78. The maximum Gasteiger partial charge on any atom is 0.389 e. The van der Waals surface area contributed by atoms with Crippen molar-refractivity contribution in [2.45, 2.75) is 51.1 Å². The number of hydrogen-bond acceptors (Lipinski definition) is 6. The standard InChI is InChI=1S/C31H30F4N4O4/c1-29(2,16-36)39-27(40)21-14-18(8-11-24(21)42-5)20-15-22-25(28(41)37-4)26(17-6-9-19(32)10-7-17)43-30(22,3)38-23(20)12-13-31(33,34)35/h6-11,14-15,38H,12-13H2,1-5H3,(H,37,41)(H,39,40). The van der Waals surface area contributed by atoms with Crippen molar-refractivity contribution in [1.82, 2.24) is 16.0 Å². The van der Waals surface area contributed by atoms with E-state index in [1.165, 1.54) is 64.4 Å². The number of amides is 2. The molecule has 0 saturated heterocycles. The van der Waals surface area contributed by atoms with Crippen molar-refractivity contribution in [2.75, 3.05) is 14.2 Å². The van der Waals surface area contributed by atoms with Gasteiger partial charge in [0.25, 0.3) is 11.8 Å². The predicted octanol–water partition coefficient (Wildman–Crippen LogP) is 5.35. The van der Waals surface area contributed by atoms with Crippen molar-refractivity contribution in [3.63, 3.8) is 0 Å². The number of nitrogens with one attached hydrogen (secondary N) is 3. The first-order chi connectivity index (χ1) is 20.1. The molecule has 2 aromatic rings. The Morgan fingerprint density at radius 3 is 2.33 bits per heavy atom. The van der Waals surface area contributed by atoms with Crippen molar-refractivity contribution in [2.24, 2.45) is 0 Å². The molecule has 2 aliphatic rings. The van der Waals surface area contributed by atoms with Crippen molar-refractivity contribution < 1.29 is 36.6 Å². The molecule has 0 spiro atoms. The maximum absolute atomic E-state index is 13.7. The number of ether oxygens (including phenoxy) is 2. The summed E-state index contributed by atoms with van der Waals surface area (Å²) in [5, 5.41) is 17.6. The number of carbonyl (C=O) groups excluding carboxylic acids is 2. The number of halogens is 4. The molecule has 8 nitrogen and oxygen atoms in total. The number of benzene rings is 2. The minimum Gasteiger partial charge on any atom is -0.496 e. The fraction of sp³-hybridized carbons (Fsp3) is 0.323. The zero-order chi connectivity index (χ0) is 31.7. The van der Waals surface area contributed by atoms with Crippen LogP contribution in [0, 0.1) is 17.1 Å². The number of likely N-dealkylation sites (N-methyl/N-ethyl adjacent to an activating group) is 1. The van der Waals surface area contributed by atoms with Gasteiger partial charge in [0.15, 0.2) is 0 Å². The van der Waals surface area contributed by atoms with Crippen LogP contribution in [0.5, 0.6) is 5.75 Å². The van der Waals surface area contributed by atoms with Crippen molar-refractivity contribution in [3.8, 4) is 11.8 Å². The highest BCUT2D eigenvalue weighted by molar-refractivity contribution is 6.07. The molecule has 0 saturated carbocycles. The van der Waals surface area contributed by atoms with Crippen LogP contribution in [0.4, 0.5) is 17.6 Å². The number of rotatable bonds is 8. The average Bonchev–Trinajstić information content (AvgIpc) is 3.26. The second kappa shape index (κ2) is 11.5. The number of alkyl halides is 3. The van der Waals surface area contributed by atoms with E-state index in [0.29, 0.717) is 22.3 Å². The first-order valence-electron chi connectivity index (χ1n) is 13.3. The Kier molecular flexibility index (Phi) is 8.31. The number of nitrogens with zero attached hydrogens (tertiary/aromatic N) is 1. The van der Waals surface area contributed by atoms with Gasteiger partial charge < -0.3 is 25.4 Å². The molecule has 0 fully saturated rings. The molecule has 0 radical (unpaired) electrons. The van der Waals surface area contributed by atoms with Gasteiger partial charge in [0, 0.05) is 35.9 Å². The number of carbonyl (C=O) groups is 2. The molecular weight excluding hydrogens is 568 g/mol. The Bertz CT molecular complexity index is 1600. The van der Waals surface area contributed by atoms with Gasteiger partial charge in [-0.15, -0.1) is 0 Å². The third-order valence-corrected chi connectivity index (χ3v) is 7.00. The SMILES string of the molecule is CNC(=O)C1=C(c2ccc(F)cc2)OC2(C)NC(CCC(F)(F)F)=C(c3ccc(OC)c(C(=O)NC(C)(C)C#N)c3)C=C12. The van der Waals surface area contributed by atoms with E-state index in [2.05, 4.69) is 16.0 Å². The van der Waals surface area contributed by atoms with Gasteiger partial charge >= 0.3 is 6.18 Å². The van der Waals surface area contributed by atoms with E-state index in [1.807, 2.05) is 6.07 Å². The summed E-state index contributed by atoms with van der Waals surface area (Å²) in [5.74, 6) is -1.35. The van der Waals surface area contributed by atoms with Crippen LogP contribution in [-0.4, -0.2) is 43.4 Å². The van der Waals surface area contributed by atoms with Crippen LogP contribution >= 0.6 is 0 Å². The summed E-state index contributed by atoms with van der Waals surface area (Å²) in [6.45, 7) is 4.61. The average molecular weight is 599 g/mol. The van der Waals surface area contributed by atoms with Gasteiger partial charge in [-0.1, -0.05) is 6.07 Å². The van der Waals surface area contributed by atoms with E-state index < -0.39 is 47.9 Å². The Balaban J connectivity index is 1.92. The minimum atomic E-state index is -4.47. The number of allylic oxidation sites excluding steroid dienone is 3. The van der Waals surface area contributed by atoms with Gasteiger partial charge in [-0.25, -0.2) is 4.39 Å². The van der Waals surface area contributed by atoms with Crippen molar-refractivity contribution in [1.29, 1.82) is 5.26 Å². The summed E-state index contributed by atoms with van der Waals surface area (Å²) in [5.41, 5.74) is -0.979. The lowest BCUT2D eigenvalue weighted by molar-refractivity contribution is -0.134. The number of nitriles is 1. The predicted molar refractivity (Wildman–Crippen MR) is 150 cm³/mol. The largest absolute Gasteiger partial charge is 0.496 e. The molecular formula is C31H30F4N4O4. The van der Waals surface area contributed by atoms with E-state index in [9.17, 15) is 32.4 Å². The molecule has 2 amide bonds. The van der Waals surface area contributed by atoms with Crippen LogP contribution in [0.3, 0.4) is 0 Å². The van der Waals surface area contributed by atoms with Crippen LogP contribution in [-0.2, 0) is 9.53 Å². The number of fused-ring (bicyclic) bond motifs is 1. The molecule has 2 aromatic carbocycles. The van der Waals surface area contributed by atoms with Crippen molar-refractivity contribution >= 4 is 23.1 Å². The van der Waals surface area contributed by atoms with Crippen LogP contribution in [0.2, 0.25) is 0 Å². The first-order valence-corrected chi connectivity index (χ1v) is 13.3. The summed E-state index contributed by atoms with van der Waals surface area (Å²) in [4.78, 5) is 26.3. The minimum absolute atomic E-state index is 0.0504. The number of hydrogen-bond donors (Lipinski definition) is 3. The number of methoxy groups -OCH3 is 1. The monoisotopic (exact) mass is 598 g/mol. The number of dihydropyridines is 1. The molecule has 12 heteroatoms. The van der Waals surface area contributed by atoms with Gasteiger partial charge in [0.2, 0.25) is 5.72 Å². The van der Waals surface area contributed by atoms with Crippen molar-refractivity contribution in [3.05, 3.63) is 87.9 Å². The normalized spacial score (nSPS) is 18.2. The lowest BCUT2D eigenvalue weighted by atomic mass is 9.86. The Labute approximate surface area is 246 Å². The molecule has 4 rings (SSSR count). The van der Waals surface area contributed by atoms with E-state index in [1.54, 1.807) is 19.1 Å². The lowest BCUT2D eigenvalue weighted by Gasteiger charge is -2.35. The molecule has 2 heterocycles. The third kappa shape index (κ3) is 6.51. The van der Waals surface area contributed by atoms with Gasteiger partial charge in [-0.3, -0.25) is 9.59 Å². The molecule has 1 atom stereocenters. The van der Waals surface area contributed by atoms with Gasteiger partial charge in [-0.05, 0) is 75.2 Å². The molecule has 0 aromatic heterocycles. The van der Waals surface area contributed by atoms with E-state index in [-0.39, 0.29) is 28.3 Å². The highest BCUT2D eigenvalue weighted by Crippen LogP contribution is 2.47. The van der Waals surface area contributed by atoms with Crippen LogP contribution in [0.15, 0.2) is 65.4 Å². The fourth-order valence-corrected chi connectivity index (χ4v) is 4.87. The summed E-state index contributed by atoms with van der Waals surface area (Å²) >= 11 is 0. The van der Waals surface area contributed by atoms with Crippen LogP contribution in [0.1, 0.15) is 55.1 Å². The highest BCUT2D eigenvalue weighted by Gasteiger charge is 2.47. The smallest absolute Gasteiger partial charge is 0.389 e. The highest BCUT2D eigenvalue weighted by atomic mass is 19.4. The zero-order valence-electron chi connectivity index (χ0n) is 24.1. The molecule has 2 aliphatic heterocycles. The maximum atomic E-state index is 13.7. The second-order valence-corrected chi connectivity index (χ2v) is 10.7. The van der Waals surface area contributed by atoms with Gasteiger partial charge in [-0.2, -0.15) is 18.4 Å². The lowest BCUT2D eigenvalue weighted by Crippen LogP contribution is -2.46. The van der Waals surface area contributed by atoms with Gasteiger partial charge in [0.1, 0.15) is 22.9 Å². The van der Waals surface area contributed by atoms with E-state index >= 15 is 0 Å². The second-order valence-electron chi connectivity index (χ2n) is 10.7. The van der Waals surface area contributed by atoms with E-state index in [0.717, 1.165) is 0 Å². The molecule has 3 N–H and O–H groups in total. The fourth-order valence-electron chi connectivity index (χ4n) is 4.87. The van der Waals surface area contributed by atoms with E-state index in [4.69, 9.17) is 9.47 Å². The Morgan fingerprint density at radius 1 is 1.09 bits per heavy atom.